The van der Waals surface area contributed by atoms with Gasteiger partial charge in [0.1, 0.15) is 17.6 Å². The first kappa shape index (κ1) is 19.6. The molecule has 1 N–H and O–H groups in total. The van der Waals surface area contributed by atoms with Gasteiger partial charge in [-0.1, -0.05) is 25.8 Å². The SMILES string of the molecule is CCCC1CCN(c2ccc(N=CC3C(=O)Nc4cccc(F)c43)cc2F)CC1. The molecule has 6 heteroatoms. The summed E-state index contributed by atoms with van der Waals surface area (Å²) in [5, 5.41) is 2.65. The molecule has 4 rings (SSSR count). The fraction of sp³-hybridized carbons (Fsp3) is 0.391. The Labute approximate surface area is 169 Å². The summed E-state index contributed by atoms with van der Waals surface area (Å²) in [5.41, 5.74) is 1.74. The number of hydrogen-bond acceptors (Lipinski definition) is 3. The molecule has 0 spiro atoms. The minimum Gasteiger partial charge on any atom is -0.369 e. The second-order valence-electron chi connectivity index (χ2n) is 7.80. The van der Waals surface area contributed by atoms with E-state index in [1.54, 1.807) is 24.3 Å². The highest BCUT2D eigenvalue weighted by atomic mass is 19.1. The Bertz CT molecular complexity index is 936. The number of anilines is 2. The smallest absolute Gasteiger partial charge is 0.237 e. The standard InChI is InChI=1S/C23H25F2N3O/c1-2-4-15-9-11-28(12-10-15)21-8-7-16(13-19(21)25)26-14-17-22-18(24)5-3-6-20(22)27-23(17)29/h3,5-8,13-15,17H,2,4,9-12H2,1H3,(H,27,29). The third-order valence-electron chi connectivity index (χ3n) is 5.86. The topological polar surface area (TPSA) is 44.7 Å². The minimum absolute atomic E-state index is 0.285. The molecule has 2 aliphatic rings. The van der Waals surface area contributed by atoms with Gasteiger partial charge in [0.25, 0.3) is 0 Å². The summed E-state index contributed by atoms with van der Waals surface area (Å²) >= 11 is 0. The van der Waals surface area contributed by atoms with Crippen molar-refractivity contribution < 1.29 is 13.6 Å². The number of aliphatic imine (C=N–C) groups is 1. The van der Waals surface area contributed by atoms with Crippen molar-refractivity contribution in [3.8, 4) is 0 Å². The Morgan fingerprint density at radius 1 is 1.17 bits per heavy atom. The predicted molar refractivity (Wildman–Crippen MR) is 112 cm³/mol. The fourth-order valence-electron chi connectivity index (χ4n) is 4.31. The van der Waals surface area contributed by atoms with Crippen LogP contribution in [0, 0.1) is 17.6 Å². The second-order valence-corrected chi connectivity index (χ2v) is 7.80. The zero-order chi connectivity index (χ0) is 20.4. The molecule has 0 aliphatic carbocycles. The van der Waals surface area contributed by atoms with Crippen LogP contribution in [0.15, 0.2) is 41.4 Å². The van der Waals surface area contributed by atoms with Gasteiger partial charge in [-0.25, -0.2) is 8.78 Å². The van der Waals surface area contributed by atoms with Crippen molar-refractivity contribution in [2.75, 3.05) is 23.3 Å². The molecule has 0 aromatic heterocycles. The van der Waals surface area contributed by atoms with Crippen molar-refractivity contribution in [3.05, 3.63) is 53.6 Å². The lowest BCUT2D eigenvalue weighted by atomic mass is 9.92. The zero-order valence-corrected chi connectivity index (χ0v) is 16.5. The highest BCUT2D eigenvalue weighted by Gasteiger charge is 2.32. The van der Waals surface area contributed by atoms with Crippen molar-refractivity contribution >= 4 is 29.2 Å². The quantitative estimate of drug-likeness (QED) is 0.685. The monoisotopic (exact) mass is 397 g/mol. The van der Waals surface area contributed by atoms with Gasteiger partial charge >= 0.3 is 0 Å². The molecule has 2 aliphatic heterocycles. The number of rotatable bonds is 5. The Kier molecular flexibility index (Phi) is 5.60. The molecule has 2 aromatic rings. The predicted octanol–water partition coefficient (Wildman–Crippen LogP) is 5.42. The maximum atomic E-state index is 14.7. The first-order chi connectivity index (χ1) is 14.1. The Hall–Kier alpha value is -2.76. The van der Waals surface area contributed by atoms with Gasteiger partial charge in [0, 0.05) is 36.6 Å². The van der Waals surface area contributed by atoms with Crippen LogP contribution < -0.4 is 10.2 Å². The molecule has 2 heterocycles. The van der Waals surface area contributed by atoms with Crippen LogP contribution in [0.25, 0.3) is 0 Å². The summed E-state index contributed by atoms with van der Waals surface area (Å²) in [4.78, 5) is 18.5. The average molecular weight is 397 g/mol. The number of benzene rings is 2. The summed E-state index contributed by atoms with van der Waals surface area (Å²) in [5.74, 6) is -1.18. The normalized spacial score (nSPS) is 19.6. The average Bonchev–Trinajstić information content (AvgIpc) is 3.04. The van der Waals surface area contributed by atoms with E-state index in [1.165, 1.54) is 31.2 Å². The fourth-order valence-corrected chi connectivity index (χ4v) is 4.31. The zero-order valence-electron chi connectivity index (χ0n) is 16.5. The number of piperidine rings is 1. The van der Waals surface area contributed by atoms with Crippen molar-refractivity contribution in [1.29, 1.82) is 0 Å². The first-order valence-electron chi connectivity index (χ1n) is 10.2. The summed E-state index contributed by atoms with van der Waals surface area (Å²) in [6, 6.07) is 9.38. The van der Waals surface area contributed by atoms with Crippen LogP contribution in [0.5, 0.6) is 0 Å². The minimum atomic E-state index is -0.813. The molecule has 152 valence electrons. The van der Waals surface area contributed by atoms with Crippen LogP contribution in [0.4, 0.5) is 25.8 Å². The van der Waals surface area contributed by atoms with E-state index in [2.05, 4.69) is 22.1 Å². The molecule has 2 aromatic carbocycles. The number of amides is 1. The van der Waals surface area contributed by atoms with Crippen LogP contribution >= 0.6 is 0 Å². The molecule has 1 atom stereocenters. The number of carbonyl (C=O) groups is 1. The van der Waals surface area contributed by atoms with E-state index in [0.717, 1.165) is 31.8 Å². The molecule has 29 heavy (non-hydrogen) atoms. The molecule has 1 fully saturated rings. The molecule has 0 radical (unpaired) electrons. The van der Waals surface area contributed by atoms with Crippen molar-refractivity contribution in [3.63, 3.8) is 0 Å². The summed E-state index contributed by atoms with van der Waals surface area (Å²) in [7, 11) is 0. The van der Waals surface area contributed by atoms with Gasteiger partial charge in [-0.15, -0.1) is 0 Å². The van der Waals surface area contributed by atoms with E-state index < -0.39 is 11.7 Å². The molecular weight excluding hydrogens is 372 g/mol. The number of carbonyl (C=O) groups excluding carboxylic acids is 1. The molecule has 1 amide bonds. The highest BCUT2D eigenvalue weighted by Crippen LogP contribution is 2.34. The number of fused-ring (bicyclic) bond motifs is 1. The van der Waals surface area contributed by atoms with E-state index in [-0.39, 0.29) is 17.3 Å². The van der Waals surface area contributed by atoms with Gasteiger partial charge < -0.3 is 10.2 Å². The van der Waals surface area contributed by atoms with Crippen molar-refractivity contribution in [2.45, 2.75) is 38.5 Å². The van der Waals surface area contributed by atoms with Gasteiger partial charge in [0.05, 0.1) is 11.4 Å². The first-order valence-corrected chi connectivity index (χ1v) is 10.2. The van der Waals surface area contributed by atoms with Crippen molar-refractivity contribution in [2.24, 2.45) is 10.9 Å². The van der Waals surface area contributed by atoms with Crippen LogP contribution in [0.3, 0.4) is 0 Å². The number of hydrogen-bond donors (Lipinski definition) is 1. The van der Waals surface area contributed by atoms with E-state index >= 15 is 0 Å². The van der Waals surface area contributed by atoms with E-state index in [4.69, 9.17) is 0 Å². The summed E-state index contributed by atoms with van der Waals surface area (Å²) in [6.45, 7) is 3.93. The highest BCUT2D eigenvalue weighted by molar-refractivity contribution is 6.12. The van der Waals surface area contributed by atoms with E-state index in [0.29, 0.717) is 17.1 Å². The third kappa shape index (κ3) is 4.02. The summed E-state index contributed by atoms with van der Waals surface area (Å²) in [6.07, 6.45) is 6.00. The maximum Gasteiger partial charge on any atom is 0.237 e. The van der Waals surface area contributed by atoms with Gasteiger partial charge in [-0.2, -0.15) is 0 Å². The van der Waals surface area contributed by atoms with Crippen molar-refractivity contribution in [1.82, 2.24) is 0 Å². The van der Waals surface area contributed by atoms with Gasteiger partial charge in [0.2, 0.25) is 5.91 Å². The molecular formula is C23H25F2N3O. The number of nitrogens with zero attached hydrogens (tertiary/aromatic N) is 2. The van der Waals surface area contributed by atoms with E-state index in [1.807, 2.05) is 0 Å². The van der Waals surface area contributed by atoms with Gasteiger partial charge in [-0.05, 0) is 43.0 Å². The maximum absolute atomic E-state index is 14.7. The molecule has 1 unspecified atom stereocenters. The second kappa shape index (κ2) is 8.31. The van der Waals surface area contributed by atoms with Crippen LogP contribution in [0.1, 0.15) is 44.1 Å². The third-order valence-corrected chi connectivity index (χ3v) is 5.86. The van der Waals surface area contributed by atoms with Crippen LogP contribution in [0.2, 0.25) is 0 Å². The van der Waals surface area contributed by atoms with Crippen LogP contribution in [-0.4, -0.2) is 25.2 Å². The molecule has 4 nitrogen and oxygen atoms in total. The lowest BCUT2D eigenvalue weighted by Gasteiger charge is -2.33. The summed E-state index contributed by atoms with van der Waals surface area (Å²) < 4.78 is 28.8. The van der Waals surface area contributed by atoms with Gasteiger partial charge in [0.15, 0.2) is 0 Å². The Morgan fingerprint density at radius 3 is 2.69 bits per heavy atom. The lowest BCUT2D eigenvalue weighted by molar-refractivity contribution is -0.115. The lowest BCUT2D eigenvalue weighted by Crippen LogP contribution is -2.34. The molecule has 0 bridgehead atoms. The molecule has 1 saturated heterocycles. The number of nitrogens with one attached hydrogen (secondary N) is 1. The van der Waals surface area contributed by atoms with E-state index in [9.17, 15) is 13.6 Å². The number of halogens is 2. The van der Waals surface area contributed by atoms with Gasteiger partial charge in [-0.3, -0.25) is 9.79 Å². The largest absolute Gasteiger partial charge is 0.369 e. The van der Waals surface area contributed by atoms with Crippen LogP contribution in [-0.2, 0) is 4.79 Å². The molecule has 0 saturated carbocycles. The Morgan fingerprint density at radius 2 is 1.97 bits per heavy atom. The Balaban J connectivity index is 1.48.